The lowest BCUT2D eigenvalue weighted by molar-refractivity contribution is 0.0590. The van der Waals surface area contributed by atoms with Gasteiger partial charge in [0.2, 0.25) is 11.6 Å². The number of carbonyl (C=O) groups is 1. The van der Waals surface area contributed by atoms with Crippen molar-refractivity contribution < 1.29 is 14.1 Å². The molecule has 16 heavy (non-hydrogen) atoms. The number of hydrogen-bond acceptors (Lipinski definition) is 5. The van der Waals surface area contributed by atoms with Gasteiger partial charge in [-0.1, -0.05) is 35.5 Å². The van der Waals surface area contributed by atoms with Crippen molar-refractivity contribution in [2.75, 3.05) is 12.8 Å². The molecular weight excluding hydrogens is 208 g/mol. The van der Waals surface area contributed by atoms with Crippen molar-refractivity contribution in [2.24, 2.45) is 0 Å². The molecule has 1 heterocycles. The van der Waals surface area contributed by atoms with Crippen molar-refractivity contribution in [3.05, 3.63) is 36.0 Å². The molecule has 0 aliphatic rings. The molecule has 1 aromatic heterocycles. The number of methoxy groups -OCH3 is 1. The highest BCUT2D eigenvalue weighted by atomic mass is 16.5. The Hall–Kier alpha value is -2.30. The van der Waals surface area contributed by atoms with E-state index in [4.69, 9.17) is 10.3 Å². The summed E-state index contributed by atoms with van der Waals surface area (Å²) in [5.41, 5.74) is 6.95. The SMILES string of the molecule is COC(=O)c1noc(N)c1-c1ccccc1. The topological polar surface area (TPSA) is 78.3 Å². The summed E-state index contributed by atoms with van der Waals surface area (Å²) in [6.07, 6.45) is 0. The maximum absolute atomic E-state index is 11.4. The minimum atomic E-state index is -0.570. The smallest absolute Gasteiger partial charge is 0.361 e. The van der Waals surface area contributed by atoms with Gasteiger partial charge in [0.1, 0.15) is 0 Å². The van der Waals surface area contributed by atoms with E-state index >= 15 is 0 Å². The van der Waals surface area contributed by atoms with Crippen LogP contribution in [0.4, 0.5) is 5.88 Å². The number of anilines is 1. The number of benzene rings is 1. The number of ether oxygens (including phenoxy) is 1. The molecule has 2 N–H and O–H groups in total. The van der Waals surface area contributed by atoms with E-state index in [1.54, 1.807) is 0 Å². The summed E-state index contributed by atoms with van der Waals surface area (Å²) < 4.78 is 9.39. The van der Waals surface area contributed by atoms with Crippen LogP contribution in [0.25, 0.3) is 11.1 Å². The zero-order chi connectivity index (χ0) is 11.5. The number of nitrogens with zero attached hydrogens (tertiary/aromatic N) is 1. The minimum Gasteiger partial charge on any atom is -0.464 e. The zero-order valence-corrected chi connectivity index (χ0v) is 8.64. The van der Waals surface area contributed by atoms with Gasteiger partial charge in [-0.25, -0.2) is 4.79 Å². The third kappa shape index (κ3) is 1.63. The number of hydrogen-bond donors (Lipinski definition) is 1. The van der Waals surface area contributed by atoms with Crippen LogP contribution in [0.3, 0.4) is 0 Å². The van der Waals surface area contributed by atoms with Crippen LogP contribution in [-0.4, -0.2) is 18.2 Å². The highest BCUT2D eigenvalue weighted by Crippen LogP contribution is 2.29. The highest BCUT2D eigenvalue weighted by Gasteiger charge is 2.22. The lowest BCUT2D eigenvalue weighted by atomic mass is 10.1. The normalized spacial score (nSPS) is 10.1. The largest absolute Gasteiger partial charge is 0.464 e. The van der Waals surface area contributed by atoms with Gasteiger partial charge in [-0.15, -0.1) is 0 Å². The number of esters is 1. The molecule has 0 aliphatic heterocycles. The van der Waals surface area contributed by atoms with Gasteiger partial charge in [-0.05, 0) is 5.56 Å². The van der Waals surface area contributed by atoms with Crippen molar-refractivity contribution in [3.8, 4) is 11.1 Å². The van der Waals surface area contributed by atoms with Crippen LogP contribution in [0.15, 0.2) is 34.9 Å². The molecule has 5 nitrogen and oxygen atoms in total. The molecule has 1 aromatic carbocycles. The van der Waals surface area contributed by atoms with Crippen molar-refractivity contribution >= 4 is 11.9 Å². The first-order valence-corrected chi connectivity index (χ1v) is 4.63. The van der Waals surface area contributed by atoms with Crippen LogP contribution in [-0.2, 0) is 4.74 Å². The van der Waals surface area contributed by atoms with Crippen molar-refractivity contribution in [2.45, 2.75) is 0 Å². The number of nitrogen functional groups attached to an aromatic ring is 1. The van der Waals surface area contributed by atoms with E-state index in [1.807, 2.05) is 30.3 Å². The van der Waals surface area contributed by atoms with E-state index in [0.717, 1.165) is 5.56 Å². The van der Waals surface area contributed by atoms with Crippen LogP contribution in [0, 0.1) is 0 Å². The molecule has 0 aliphatic carbocycles. The Morgan fingerprint density at radius 2 is 2.06 bits per heavy atom. The molecule has 0 saturated heterocycles. The standard InChI is InChI=1S/C11H10N2O3/c1-15-11(14)9-8(10(12)16-13-9)7-5-3-2-4-6-7/h2-6H,12H2,1H3. The van der Waals surface area contributed by atoms with Gasteiger partial charge in [0, 0.05) is 0 Å². The molecule has 0 radical (unpaired) electrons. The van der Waals surface area contributed by atoms with Crippen LogP contribution < -0.4 is 5.73 Å². The average molecular weight is 218 g/mol. The van der Waals surface area contributed by atoms with Gasteiger partial charge in [-0.2, -0.15) is 0 Å². The molecule has 0 bridgehead atoms. The predicted molar refractivity (Wildman–Crippen MR) is 57.7 cm³/mol. The van der Waals surface area contributed by atoms with Gasteiger partial charge in [0.05, 0.1) is 12.7 Å². The van der Waals surface area contributed by atoms with Crippen LogP contribution in [0.5, 0.6) is 0 Å². The molecule has 0 saturated carbocycles. The van der Waals surface area contributed by atoms with Crippen LogP contribution in [0.2, 0.25) is 0 Å². The second-order valence-corrected chi connectivity index (χ2v) is 3.13. The Bertz CT molecular complexity index is 505. The number of aromatic nitrogens is 1. The fourth-order valence-electron chi connectivity index (χ4n) is 1.42. The lowest BCUT2D eigenvalue weighted by Gasteiger charge is -2.00. The molecule has 0 atom stereocenters. The minimum absolute atomic E-state index is 0.0891. The Labute approximate surface area is 91.8 Å². The Morgan fingerprint density at radius 3 is 2.69 bits per heavy atom. The van der Waals surface area contributed by atoms with E-state index in [1.165, 1.54) is 7.11 Å². The lowest BCUT2D eigenvalue weighted by Crippen LogP contribution is -2.03. The van der Waals surface area contributed by atoms with Gasteiger partial charge in [0.15, 0.2) is 0 Å². The highest BCUT2D eigenvalue weighted by molar-refractivity contribution is 5.97. The number of carbonyl (C=O) groups excluding carboxylic acids is 1. The van der Waals surface area contributed by atoms with Gasteiger partial charge >= 0.3 is 5.97 Å². The van der Waals surface area contributed by atoms with Gasteiger partial charge < -0.3 is 15.0 Å². The molecular formula is C11H10N2O3. The second-order valence-electron chi connectivity index (χ2n) is 3.13. The molecule has 0 unspecified atom stereocenters. The maximum atomic E-state index is 11.4. The first kappa shape index (κ1) is 10.2. The maximum Gasteiger partial charge on any atom is 0.361 e. The Morgan fingerprint density at radius 1 is 1.38 bits per heavy atom. The zero-order valence-electron chi connectivity index (χ0n) is 8.64. The molecule has 0 amide bonds. The molecule has 5 heteroatoms. The van der Waals surface area contributed by atoms with Gasteiger partial charge in [-0.3, -0.25) is 0 Å². The first-order valence-electron chi connectivity index (χ1n) is 4.63. The van der Waals surface area contributed by atoms with E-state index in [0.29, 0.717) is 5.56 Å². The molecule has 0 fully saturated rings. The summed E-state index contributed by atoms with van der Waals surface area (Å²) in [6.45, 7) is 0. The Balaban J connectivity index is 2.56. The van der Waals surface area contributed by atoms with E-state index in [9.17, 15) is 4.79 Å². The van der Waals surface area contributed by atoms with Crippen molar-refractivity contribution in [1.29, 1.82) is 0 Å². The first-order chi connectivity index (χ1) is 7.74. The monoisotopic (exact) mass is 218 g/mol. The average Bonchev–Trinajstić information content (AvgIpc) is 2.71. The second kappa shape index (κ2) is 4.06. The Kier molecular flexibility index (Phi) is 2.59. The van der Waals surface area contributed by atoms with Crippen LogP contribution in [0.1, 0.15) is 10.5 Å². The third-order valence-corrected chi connectivity index (χ3v) is 2.16. The molecule has 2 rings (SSSR count). The molecule has 2 aromatic rings. The summed E-state index contributed by atoms with van der Waals surface area (Å²) in [6, 6.07) is 9.17. The van der Waals surface area contributed by atoms with Gasteiger partial charge in [0.25, 0.3) is 0 Å². The quantitative estimate of drug-likeness (QED) is 0.776. The fraction of sp³-hybridized carbons (Fsp3) is 0.0909. The van der Waals surface area contributed by atoms with E-state index < -0.39 is 5.97 Å². The summed E-state index contributed by atoms with van der Waals surface area (Å²) in [5.74, 6) is -0.467. The van der Waals surface area contributed by atoms with Crippen molar-refractivity contribution in [1.82, 2.24) is 5.16 Å². The molecule has 82 valence electrons. The number of rotatable bonds is 2. The third-order valence-electron chi connectivity index (χ3n) is 2.16. The van der Waals surface area contributed by atoms with E-state index in [-0.39, 0.29) is 11.6 Å². The van der Waals surface area contributed by atoms with Crippen molar-refractivity contribution in [3.63, 3.8) is 0 Å². The van der Waals surface area contributed by atoms with E-state index in [2.05, 4.69) is 9.89 Å². The summed E-state index contributed by atoms with van der Waals surface area (Å²) in [4.78, 5) is 11.4. The van der Waals surface area contributed by atoms with Crippen LogP contribution >= 0.6 is 0 Å². The fourth-order valence-corrected chi connectivity index (χ4v) is 1.42. The predicted octanol–water partition coefficient (Wildman–Crippen LogP) is 1.71. The summed E-state index contributed by atoms with van der Waals surface area (Å²) in [5, 5.41) is 3.59. The summed E-state index contributed by atoms with van der Waals surface area (Å²) in [7, 11) is 1.28. The number of nitrogens with two attached hydrogens (primary N) is 1. The summed E-state index contributed by atoms with van der Waals surface area (Å²) >= 11 is 0. The molecule has 0 spiro atoms.